The molecule has 2 aliphatic carbocycles. The van der Waals surface area contributed by atoms with E-state index in [4.69, 9.17) is 23.2 Å². The van der Waals surface area contributed by atoms with Gasteiger partial charge in [0, 0.05) is 11.1 Å². The Kier molecular flexibility index (Phi) is 5.78. The third-order valence-electron chi connectivity index (χ3n) is 5.88. The van der Waals surface area contributed by atoms with Crippen LogP contribution in [0.5, 0.6) is 0 Å². The topological polar surface area (TPSA) is 66.5 Å². The monoisotopic (exact) mass is 452 g/mol. The number of carbonyl (C=O) groups is 1. The van der Waals surface area contributed by atoms with E-state index in [9.17, 15) is 13.2 Å². The normalized spacial score (nSPS) is 23.2. The molecule has 4 rings (SSSR count). The van der Waals surface area contributed by atoms with E-state index in [-0.39, 0.29) is 34.1 Å². The van der Waals surface area contributed by atoms with Crippen molar-refractivity contribution in [2.24, 2.45) is 11.8 Å². The van der Waals surface area contributed by atoms with Crippen LogP contribution in [0.3, 0.4) is 0 Å². The van der Waals surface area contributed by atoms with Gasteiger partial charge in [-0.15, -0.1) is 0 Å². The van der Waals surface area contributed by atoms with Gasteiger partial charge in [-0.3, -0.25) is 9.10 Å². The largest absolute Gasteiger partial charge is 0.352 e. The average Bonchev–Trinajstić information content (AvgIpc) is 3.32. The molecule has 0 aromatic heterocycles. The second kappa shape index (κ2) is 8.17. The lowest BCUT2D eigenvalue weighted by atomic mass is 9.95. The Morgan fingerprint density at radius 1 is 1.07 bits per heavy atom. The van der Waals surface area contributed by atoms with Crippen LogP contribution in [0.4, 0.5) is 5.69 Å². The van der Waals surface area contributed by atoms with Gasteiger partial charge in [-0.2, -0.15) is 0 Å². The fourth-order valence-electron chi connectivity index (χ4n) is 4.50. The molecular formula is C21H22Cl2N2O3S. The van der Waals surface area contributed by atoms with Crippen LogP contribution < -0.4 is 9.62 Å². The summed E-state index contributed by atoms with van der Waals surface area (Å²) in [7, 11) is -4.00. The summed E-state index contributed by atoms with van der Waals surface area (Å²) in [5, 5.41) is 3.60. The van der Waals surface area contributed by atoms with Gasteiger partial charge in [-0.1, -0.05) is 47.8 Å². The number of nitrogens with zero attached hydrogens (tertiary/aromatic N) is 1. The van der Waals surface area contributed by atoms with Crippen LogP contribution in [-0.2, 0) is 14.8 Å². The summed E-state index contributed by atoms with van der Waals surface area (Å²) < 4.78 is 27.7. The number of anilines is 1. The summed E-state index contributed by atoms with van der Waals surface area (Å²) in [6, 6.07) is 12.7. The molecule has 2 fully saturated rings. The van der Waals surface area contributed by atoms with Gasteiger partial charge in [0.1, 0.15) is 6.54 Å². The minimum absolute atomic E-state index is 0.0868. The molecule has 154 valence electrons. The third kappa shape index (κ3) is 4.25. The van der Waals surface area contributed by atoms with Gasteiger partial charge in [-0.25, -0.2) is 8.42 Å². The number of benzene rings is 2. The van der Waals surface area contributed by atoms with Crippen LogP contribution in [0.25, 0.3) is 0 Å². The Morgan fingerprint density at radius 2 is 1.83 bits per heavy atom. The number of hydrogen-bond donors (Lipinski definition) is 1. The summed E-state index contributed by atoms with van der Waals surface area (Å²) in [6.07, 6.45) is 4.47. The van der Waals surface area contributed by atoms with Crippen molar-refractivity contribution < 1.29 is 13.2 Å². The fraction of sp³-hybridized carbons (Fsp3) is 0.381. The second-order valence-electron chi connectivity index (χ2n) is 7.77. The van der Waals surface area contributed by atoms with Crippen molar-refractivity contribution >= 4 is 44.8 Å². The SMILES string of the molecule is O=C(CN(c1cc(Cl)ccc1Cl)S(=O)(=O)c1ccccc1)N[C@H]1C[C@H]2CC[C@H]1C2. The molecule has 2 bridgehead atoms. The molecule has 1 amide bonds. The van der Waals surface area contributed by atoms with Gasteiger partial charge in [0.2, 0.25) is 5.91 Å². The number of hydrogen-bond acceptors (Lipinski definition) is 3. The van der Waals surface area contributed by atoms with Crippen LogP contribution in [0, 0.1) is 11.8 Å². The van der Waals surface area contributed by atoms with Crippen molar-refractivity contribution in [2.75, 3.05) is 10.8 Å². The molecule has 0 heterocycles. The molecule has 2 saturated carbocycles. The first kappa shape index (κ1) is 20.5. The zero-order valence-electron chi connectivity index (χ0n) is 15.7. The molecule has 0 saturated heterocycles. The molecule has 2 aliphatic rings. The first-order valence-electron chi connectivity index (χ1n) is 9.67. The molecule has 2 aromatic rings. The van der Waals surface area contributed by atoms with Gasteiger partial charge < -0.3 is 5.32 Å². The van der Waals surface area contributed by atoms with E-state index in [0.29, 0.717) is 16.9 Å². The Balaban J connectivity index is 1.63. The average molecular weight is 453 g/mol. The summed E-state index contributed by atoms with van der Waals surface area (Å²) in [5.41, 5.74) is 0.186. The number of rotatable bonds is 6. The molecule has 3 atom stereocenters. The highest BCUT2D eigenvalue weighted by molar-refractivity contribution is 7.92. The highest BCUT2D eigenvalue weighted by Gasteiger charge is 2.40. The maximum Gasteiger partial charge on any atom is 0.264 e. The molecule has 29 heavy (non-hydrogen) atoms. The second-order valence-corrected chi connectivity index (χ2v) is 10.5. The predicted octanol–water partition coefficient (Wildman–Crippen LogP) is 4.49. The molecule has 0 radical (unpaired) electrons. The molecule has 0 spiro atoms. The zero-order chi connectivity index (χ0) is 20.6. The Hall–Kier alpha value is -1.76. The van der Waals surface area contributed by atoms with Gasteiger partial charge in [-0.05, 0) is 61.4 Å². The Labute approximate surface area is 181 Å². The summed E-state index contributed by atoms with van der Waals surface area (Å²) in [4.78, 5) is 12.9. The minimum atomic E-state index is -4.00. The van der Waals surface area contributed by atoms with Crippen LogP contribution in [0.2, 0.25) is 10.0 Å². The lowest BCUT2D eigenvalue weighted by molar-refractivity contribution is -0.120. The maximum absolute atomic E-state index is 13.3. The van der Waals surface area contributed by atoms with E-state index in [1.165, 1.54) is 30.7 Å². The highest BCUT2D eigenvalue weighted by atomic mass is 35.5. The van der Waals surface area contributed by atoms with Crippen LogP contribution in [0.15, 0.2) is 53.4 Å². The minimum Gasteiger partial charge on any atom is -0.352 e. The lowest BCUT2D eigenvalue weighted by Gasteiger charge is -2.27. The number of amides is 1. The van der Waals surface area contributed by atoms with Gasteiger partial charge in [0.25, 0.3) is 10.0 Å². The van der Waals surface area contributed by atoms with Crippen molar-refractivity contribution in [3.05, 3.63) is 58.6 Å². The van der Waals surface area contributed by atoms with E-state index < -0.39 is 10.0 Å². The maximum atomic E-state index is 13.3. The highest BCUT2D eigenvalue weighted by Crippen LogP contribution is 2.44. The molecular weight excluding hydrogens is 431 g/mol. The van der Waals surface area contributed by atoms with Crippen LogP contribution in [-0.4, -0.2) is 26.9 Å². The third-order valence-corrected chi connectivity index (χ3v) is 8.21. The van der Waals surface area contributed by atoms with E-state index in [1.54, 1.807) is 24.3 Å². The van der Waals surface area contributed by atoms with E-state index >= 15 is 0 Å². The number of halogens is 2. The van der Waals surface area contributed by atoms with E-state index in [0.717, 1.165) is 23.6 Å². The Morgan fingerprint density at radius 3 is 2.48 bits per heavy atom. The Bertz CT molecular complexity index is 1010. The van der Waals surface area contributed by atoms with Crippen LogP contribution >= 0.6 is 23.2 Å². The number of carbonyl (C=O) groups excluding carboxylic acids is 1. The zero-order valence-corrected chi connectivity index (χ0v) is 18.1. The lowest BCUT2D eigenvalue weighted by Crippen LogP contribution is -2.46. The van der Waals surface area contributed by atoms with Gasteiger partial charge in [0.05, 0.1) is 15.6 Å². The predicted molar refractivity (Wildman–Crippen MR) is 115 cm³/mol. The molecule has 0 aliphatic heterocycles. The van der Waals surface area contributed by atoms with Gasteiger partial charge >= 0.3 is 0 Å². The quantitative estimate of drug-likeness (QED) is 0.701. The number of fused-ring (bicyclic) bond motifs is 2. The molecule has 8 heteroatoms. The van der Waals surface area contributed by atoms with Crippen molar-refractivity contribution in [1.29, 1.82) is 0 Å². The first-order valence-corrected chi connectivity index (χ1v) is 11.9. The molecule has 1 N–H and O–H groups in total. The van der Waals surface area contributed by atoms with Crippen molar-refractivity contribution in [3.8, 4) is 0 Å². The number of nitrogens with one attached hydrogen (secondary N) is 1. The van der Waals surface area contributed by atoms with Crippen molar-refractivity contribution in [1.82, 2.24) is 5.32 Å². The van der Waals surface area contributed by atoms with Crippen molar-refractivity contribution in [3.63, 3.8) is 0 Å². The van der Waals surface area contributed by atoms with E-state index in [1.807, 2.05) is 0 Å². The van der Waals surface area contributed by atoms with E-state index in [2.05, 4.69) is 5.32 Å². The van der Waals surface area contributed by atoms with Gasteiger partial charge in [0.15, 0.2) is 0 Å². The summed E-state index contributed by atoms with van der Waals surface area (Å²) in [6.45, 7) is -0.356. The molecule has 0 unspecified atom stereocenters. The first-order chi connectivity index (χ1) is 13.8. The standard InChI is InChI=1S/C21H22Cl2N2O3S/c22-16-8-9-18(23)20(12-16)25(29(27,28)17-4-2-1-3-5-17)13-21(26)24-19-11-14-6-7-15(19)10-14/h1-5,8-9,12,14-15,19H,6-7,10-11,13H2,(H,24,26)/t14-,15-,19-/m0/s1. The summed E-state index contributed by atoms with van der Waals surface area (Å²) in [5.74, 6) is 0.841. The smallest absolute Gasteiger partial charge is 0.264 e. The number of sulfonamides is 1. The molecule has 2 aromatic carbocycles. The fourth-order valence-corrected chi connectivity index (χ4v) is 6.39. The molecule has 5 nitrogen and oxygen atoms in total. The summed E-state index contributed by atoms with van der Waals surface area (Å²) >= 11 is 12.4. The van der Waals surface area contributed by atoms with Crippen molar-refractivity contribution in [2.45, 2.75) is 36.6 Å². The van der Waals surface area contributed by atoms with Crippen LogP contribution in [0.1, 0.15) is 25.7 Å².